The van der Waals surface area contributed by atoms with Crippen molar-refractivity contribution in [2.75, 3.05) is 6.54 Å². The van der Waals surface area contributed by atoms with Crippen molar-refractivity contribution in [2.24, 2.45) is 0 Å². The summed E-state index contributed by atoms with van der Waals surface area (Å²) in [4.78, 5) is 4.79. The van der Waals surface area contributed by atoms with Crippen molar-refractivity contribution in [1.82, 2.24) is 14.4 Å². The largest absolute Gasteiger partial charge is 0.337 e. The van der Waals surface area contributed by atoms with Gasteiger partial charge in [-0.1, -0.05) is 41.0 Å². The molecule has 1 atom stereocenters. The molecule has 3 aromatic rings. The smallest absolute Gasteiger partial charge is 0.245 e. The summed E-state index contributed by atoms with van der Waals surface area (Å²) in [5.41, 5.74) is 2.35. The molecule has 0 spiro atoms. The number of aromatic nitrogens is 2. The highest BCUT2D eigenvalue weighted by atomic mass is 35.5. The molecule has 28 heavy (non-hydrogen) atoms. The van der Waals surface area contributed by atoms with Gasteiger partial charge in [-0.05, 0) is 56.0 Å². The Bertz CT molecular complexity index is 1130. The van der Waals surface area contributed by atoms with Gasteiger partial charge in [0.05, 0.1) is 4.90 Å². The highest BCUT2D eigenvalue weighted by Crippen LogP contribution is 2.37. The van der Waals surface area contributed by atoms with Crippen molar-refractivity contribution in [3.05, 3.63) is 64.5 Å². The Morgan fingerprint density at radius 1 is 1.18 bits per heavy atom. The fourth-order valence-electron chi connectivity index (χ4n) is 3.50. The third kappa shape index (κ3) is 3.45. The maximum absolute atomic E-state index is 13.3. The topological polar surface area (TPSA) is 76.3 Å². The summed E-state index contributed by atoms with van der Waals surface area (Å²) in [5.74, 6) is 0.704. The molecule has 0 bridgehead atoms. The Morgan fingerprint density at radius 3 is 2.79 bits per heavy atom. The third-order valence-corrected chi connectivity index (χ3v) is 7.23. The minimum atomic E-state index is -3.67. The molecule has 0 aliphatic carbocycles. The second-order valence-corrected chi connectivity index (χ2v) is 9.30. The summed E-state index contributed by atoms with van der Waals surface area (Å²) < 4.78 is 33.6. The van der Waals surface area contributed by atoms with Gasteiger partial charge in [-0.25, -0.2) is 8.42 Å². The van der Waals surface area contributed by atoms with E-state index in [0.29, 0.717) is 34.6 Å². The van der Waals surface area contributed by atoms with E-state index in [4.69, 9.17) is 16.1 Å². The summed E-state index contributed by atoms with van der Waals surface area (Å²) in [5, 5.41) is 4.60. The Hall–Kier alpha value is -2.22. The number of nitrogens with zero attached hydrogens (tertiary/aromatic N) is 3. The number of halogens is 1. The maximum atomic E-state index is 13.3. The average Bonchev–Trinajstić information content (AvgIpc) is 3.33. The van der Waals surface area contributed by atoms with Crippen LogP contribution in [-0.4, -0.2) is 29.4 Å². The minimum Gasteiger partial charge on any atom is -0.337 e. The second kappa shape index (κ2) is 7.31. The number of aryl methyl sites for hydroxylation is 2. The van der Waals surface area contributed by atoms with Gasteiger partial charge in [-0.3, -0.25) is 0 Å². The zero-order valence-corrected chi connectivity index (χ0v) is 17.2. The van der Waals surface area contributed by atoms with Gasteiger partial charge in [-0.15, -0.1) is 0 Å². The lowest BCUT2D eigenvalue weighted by Crippen LogP contribution is -2.31. The molecule has 1 saturated heterocycles. The highest BCUT2D eigenvalue weighted by molar-refractivity contribution is 7.89. The number of rotatable bonds is 4. The van der Waals surface area contributed by atoms with Crippen LogP contribution in [0.2, 0.25) is 5.02 Å². The maximum Gasteiger partial charge on any atom is 0.245 e. The standard InChI is InChI=1S/C20H20ClN3O3S/c1-13-8-9-14(2)18(11-13)28(25,26)24-10-4-7-17(24)20-22-19(23-27-20)15-5-3-6-16(21)12-15/h3,5-6,8-9,11-12,17H,4,7,10H2,1-2H3/t17-/m1/s1. The van der Waals surface area contributed by atoms with E-state index in [1.807, 2.05) is 25.1 Å². The Kier molecular flexibility index (Phi) is 4.99. The molecule has 146 valence electrons. The van der Waals surface area contributed by atoms with E-state index in [2.05, 4.69) is 10.1 Å². The molecule has 4 rings (SSSR count). The number of sulfonamides is 1. The van der Waals surface area contributed by atoms with E-state index in [-0.39, 0.29) is 0 Å². The lowest BCUT2D eigenvalue weighted by atomic mass is 10.2. The van der Waals surface area contributed by atoms with Crippen LogP contribution >= 0.6 is 11.6 Å². The van der Waals surface area contributed by atoms with Crippen molar-refractivity contribution < 1.29 is 12.9 Å². The molecular formula is C20H20ClN3O3S. The summed E-state index contributed by atoms with van der Waals surface area (Å²) in [6, 6.07) is 12.1. The van der Waals surface area contributed by atoms with Crippen molar-refractivity contribution in [3.8, 4) is 11.4 Å². The zero-order chi connectivity index (χ0) is 19.9. The van der Waals surface area contributed by atoms with E-state index >= 15 is 0 Å². The molecule has 1 aromatic heterocycles. The normalized spacial score (nSPS) is 17.9. The van der Waals surface area contributed by atoms with Crippen LogP contribution in [0.3, 0.4) is 0 Å². The van der Waals surface area contributed by atoms with Gasteiger partial charge in [0.25, 0.3) is 0 Å². The van der Waals surface area contributed by atoms with Crippen LogP contribution in [0.1, 0.15) is 35.9 Å². The van der Waals surface area contributed by atoms with E-state index in [1.54, 1.807) is 31.2 Å². The van der Waals surface area contributed by atoms with Crippen LogP contribution in [0.25, 0.3) is 11.4 Å². The summed E-state index contributed by atoms with van der Waals surface area (Å²) in [6.45, 7) is 4.12. The van der Waals surface area contributed by atoms with Crippen LogP contribution in [0.15, 0.2) is 51.9 Å². The number of benzene rings is 2. The zero-order valence-electron chi connectivity index (χ0n) is 15.6. The van der Waals surface area contributed by atoms with Crippen LogP contribution in [-0.2, 0) is 10.0 Å². The number of hydrogen-bond donors (Lipinski definition) is 0. The Morgan fingerprint density at radius 2 is 2.00 bits per heavy atom. The second-order valence-electron chi connectivity index (χ2n) is 7.01. The highest BCUT2D eigenvalue weighted by Gasteiger charge is 2.40. The molecule has 0 amide bonds. The first-order valence-corrected chi connectivity index (χ1v) is 10.9. The summed E-state index contributed by atoms with van der Waals surface area (Å²) in [7, 11) is -3.67. The lowest BCUT2D eigenvalue weighted by Gasteiger charge is -2.22. The molecule has 1 aliphatic heterocycles. The summed E-state index contributed by atoms with van der Waals surface area (Å²) >= 11 is 6.03. The van der Waals surface area contributed by atoms with Crippen molar-refractivity contribution in [3.63, 3.8) is 0 Å². The fourth-order valence-corrected chi connectivity index (χ4v) is 5.65. The summed E-state index contributed by atoms with van der Waals surface area (Å²) in [6.07, 6.45) is 1.38. The van der Waals surface area contributed by atoms with Gasteiger partial charge in [0.2, 0.25) is 21.7 Å². The van der Waals surface area contributed by atoms with Crippen LogP contribution < -0.4 is 0 Å². The molecule has 6 nitrogen and oxygen atoms in total. The molecule has 0 N–H and O–H groups in total. The molecular weight excluding hydrogens is 398 g/mol. The molecule has 2 heterocycles. The monoisotopic (exact) mass is 417 g/mol. The first-order valence-electron chi connectivity index (χ1n) is 9.05. The van der Waals surface area contributed by atoms with Crippen molar-refractivity contribution in [1.29, 1.82) is 0 Å². The van der Waals surface area contributed by atoms with Crippen molar-refractivity contribution in [2.45, 2.75) is 37.6 Å². The Balaban J connectivity index is 1.68. The SMILES string of the molecule is Cc1ccc(C)c(S(=O)(=O)N2CCC[C@@H]2c2nc(-c3cccc(Cl)c3)no2)c1. The van der Waals surface area contributed by atoms with E-state index in [0.717, 1.165) is 23.1 Å². The molecule has 0 unspecified atom stereocenters. The van der Waals surface area contributed by atoms with E-state index in [9.17, 15) is 8.42 Å². The van der Waals surface area contributed by atoms with Crippen LogP contribution in [0, 0.1) is 13.8 Å². The van der Waals surface area contributed by atoms with Crippen molar-refractivity contribution >= 4 is 21.6 Å². The van der Waals surface area contributed by atoms with Gasteiger partial charge < -0.3 is 4.52 Å². The van der Waals surface area contributed by atoms with Gasteiger partial charge in [0.15, 0.2) is 0 Å². The van der Waals surface area contributed by atoms with Gasteiger partial charge in [0.1, 0.15) is 6.04 Å². The van der Waals surface area contributed by atoms with Crippen LogP contribution in [0.5, 0.6) is 0 Å². The van der Waals surface area contributed by atoms with Crippen LogP contribution in [0.4, 0.5) is 0 Å². The molecule has 8 heteroatoms. The van der Waals surface area contributed by atoms with Gasteiger partial charge in [-0.2, -0.15) is 9.29 Å². The number of hydrogen-bond acceptors (Lipinski definition) is 5. The predicted octanol–water partition coefficient (Wildman–Crippen LogP) is 4.53. The van der Waals surface area contributed by atoms with E-state index in [1.165, 1.54) is 4.31 Å². The quantitative estimate of drug-likeness (QED) is 0.623. The van der Waals surface area contributed by atoms with Gasteiger partial charge >= 0.3 is 0 Å². The molecule has 1 fully saturated rings. The molecule has 0 saturated carbocycles. The molecule has 2 aromatic carbocycles. The van der Waals surface area contributed by atoms with E-state index < -0.39 is 16.1 Å². The molecule has 0 radical (unpaired) electrons. The third-order valence-electron chi connectivity index (χ3n) is 4.94. The first kappa shape index (κ1) is 19.1. The predicted molar refractivity (Wildman–Crippen MR) is 107 cm³/mol. The lowest BCUT2D eigenvalue weighted by molar-refractivity contribution is 0.290. The Labute approximate surface area is 169 Å². The average molecular weight is 418 g/mol. The first-order chi connectivity index (χ1) is 13.4. The minimum absolute atomic E-state index is 0.307. The molecule has 1 aliphatic rings. The fraction of sp³-hybridized carbons (Fsp3) is 0.300. The van der Waals surface area contributed by atoms with Gasteiger partial charge in [0, 0.05) is 17.1 Å².